The van der Waals surface area contributed by atoms with E-state index < -0.39 is 0 Å². The second-order valence-electron chi connectivity index (χ2n) is 11.1. The summed E-state index contributed by atoms with van der Waals surface area (Å²) < 4.78 is 10.2. The van der Waals surface area contributed by atoms with Gasteiger partial charge in [-0.3, -0.25) is 0 Å². The van der Waals surface area contributed by atoms with Crippen LogP contribution in [0.3, 0.4) is 0 Å². The van der Waals surface area contributed by atoms with Crippen molar-refractivity contribution in [3.63, 3.8) is 0 Å². The molecule has 0 spiro atoms. The van der Waals surface area contributed by atoms with Crippen molar-refractivity contribution >= 4 is 67.1 Å². The van der Waals surface area contributed by atoms with E-state index in [1.54, 1.807) is 11.1 Å². The second kappa shape index (κ2) is 12.1. The maximum atomic E-state index is 6.67. The predicted octanol–water partition coefficient (Wildman–Crippen LogP) is 11.3. The van der Waals surface area contributed by atoms with E-state index in [9.17, 15) is 0 Å². The minimum absolute atomic E-state index is 0.0891. The average molecular weight is 631 g/mol. The Bertz CT molecular complexity index is 1370. The molecule has 0 bridgehead atoms. The van der Waals surface area contributed by atoms with E-state index in [1.165, 1.54) is 90.6 Å². The van der Waals surface area contributed by atoms with E-state index in [0.29, 0.717) is 0 Å². The molecule has 1 aromatic carbocycles. The van der Waals surface area contributed by atoms with Crippen molar-refractivity contribution in [2.75, 3.05) is 5.73 Å². The van der Waals surface area contributed by atoms with Gasteiger partial charge in [-0.15, -0.1) is 22.7 Å². The van der Waals surface area contributed by atoms with Crippen LogP contribution in [0.1, 0.15) is 103 Å². The molecule has 2 N–H and O–H groups in total. The number of rotatable bonds is 13. The summed E-state index contributed by atoms with van der Waals surface area (Å²) in [6, 6.07) is 6.97. The molecule has 5 rings (SSSR count). The molecule has 1 aliphatic rings. The molecule has 2 atom stereocenters. The zero-order chi connectivity index (χ0) is 26.9. The Hall–Kier alpha value is -1.28. The van der Waals surface area contributed by atoms with Gasteiger partial charge < -0.3 is 5.73 Å². The summed E-state index contributed by atoms with van der Waals surface area (Å²) in [5.41, 5.74) is 13.6. The van der Waals surface area contributed by atoms with Crippen LogP contribution >= 0.6 is 50.3 Å². The summed E-state index contributed by atoms with van der Waals surface area (Å²) in [7, 11) is 0. The first-order chi connectivity index (χ1) is 18.5. The number of nitrogen functional groups attached to an aromatic ring is 1. The Labute approximate surface area is 248 Å². The van der Waals surface area contributed by atoms with Gasteiger partial charge in [0.05, 0.1) is 11.7 Å². The van der Waals surface area contributed by atoms with Gasteiger partial charge in [-0.25, -0.2) is 0 Å². The summed E-state index contributed by atoms with van der Waals surface area (Å²) in [5, 5.41) is 2.33. The van der Waals surface area contributed by atoms with Gasteiger partial charge in [0.15, 0.2) is 0 Å². The Morgan fingerprint density at radius 2 is 1.55 bits per heavy atom. The summed E-state index contributed by atoms with van der Waals surface area (Å²) in [6.45, 7) is 9.46. The highest BCUT2D eigenvalue weighted by molar-refractivity contribution is 9.10. The van der Waals surface area contributed by atoms with Crippen molar-refractivity contribution in [2.24, 2.45) is 11.8 Å². The van der Waals surface area contributed by atoms with Crippen LogP contribution in [-0.4, -0.2) is 8.75 Å². The number of benzene rings is 1. The number of nitrogens with two attached hydrogens (primary N) is 1. The minimum Gasteiger partial charge on any atom is -0.398 e. The molecule has 7 heteroatoms. The number of aromatic nitrogens is 2. The zero-order valence-corrected chi connectivity index (χ0v) is 27.1. The number of hydrogen-bond donors (Lipinski definition) is 1. The van der Waals surface area contributed by atoms with Gasteiger partial charge in [-0.05, 0) is 75.3 Å². The molecule has 0 fully saturated rings. The van der Waals surface area contributed by atoms with E-state index >= 15 is 0 Å². The molecule has 3 nitrogen and oxygen atoms in total. The summed E-state index contributed by atoms with van der Waals surface area (Å²) in [5.74, 6) is 1.49. The summed E-state index contributed by atoms with van der Waals surface area (Å²) >= 11 is 8.77. The van der Waals surface area contributed by atoms with Crippen molar-refractivity contribution in [3.8, 4) is 20.2 Å². The number of hydrogen-bond acceptors (Lipinski definition) is 6. The van der Waals surface area contributed by atoms with Crippen molar-refractivity contribution in [2.45, 2.75) is 97.3 Å². The molecule has 4 aromatic rings. The molecule has 3 heterocycles. The van der Waals surface area contributed by atoms with E-state index in [0.717, 1.165) is 38.6 Å². The van der Waals surface area contributed by atoms with E-state index in [1.807, 2.05) is 28.7 Å². The van der Waals surface area contributed by atoms with Gasteiger partial charge in [0.1, 0.15) is 11.0 Å². The van der Waals surface area contributed by atoms with E-state index in [2.05, 4.69) is 65.5 Å². The normalized spacial score (nSPS) is 18.1. The molecule has 0 saturated heterocycles. The first kappa shape index (κ1) is 28.3. The third kappa shape index (κ3) is 5.02. The van der Waals surface area contributed by atoms with E-state index in [-0.39, 0.29) is 5.41 Å². The fourth-order valence-electron chi connectivity index (χ4n) is 6.62. The van der Waals surface area contributed by atoms with Crippen LogP contribution in [0.15, 0.2) is 28.1 Å². The molecular weight excluding hydrogens is 590 g/mol. The maximum Gasteiger partial charge on any atom is 0.119 e. The third-order valence-corrected chi connectivity index (χ3v) is 12.1. The Balaban J connectivity index is 1.67. The van der Waals surface area contributed by atoms with Gasteiger partial charge in [0, 0.05) is 35.8 Å². The molecule has 3 aromatic heterocycles. The number of nitrogens with zero attached hydrogens (tertiary/aromatic N) is 2. The first-order valence-corrected chi connectivity index (χ1v) is 17.6. The van der Waals surface area contributed by atoms with Crippen LogP contribution in [0.4, 0.5) is 5.69 Å². The molecule has 38 heavy (non-hydrogen) atoms. The molecule has 204 valence electrons. The molecule has 0 aliphatic heterocycles. The number of anilines is 1. The molecule has 1 aliphatic carbocycles. The zero-order valence-electron chi connectivity index (χ0n) is 23.1. The summed E-state index contributed by atoms with van der Waals surface area (Å²) in [4.78, 5) is 4.21. The molecule has 0 radical (unpaired) electrons. The lowest BCUT2D eigenvalue weighted by molar-refractivity contribution is 0.266. The van der Waals surface area contributed by atoms with Crippen molar-refractivity contribution in [1.29, 1.82) is 0 Å². The van der Waals surface area contributed by atoms with Gasteiger partial charge in [0.2, 0.25) is 0 Å². The highest BCUT2D eigenvalue weighted by atomic mass is 79.9. The number of thiophene rings is 2. The number of fused-ring (bicyclic) bond motifs is 4. The number of unbranched alkanes of at least 4 members (excludes halogenated alkanes) is 2. The fraction of sp³-hybridized carbons (Fsp3) is 0.548. The quantitative estimate of drug-likeness (QED) is 0.150. The summed E-state index contributed by atoms with van der Waals surface area (Å²) in [6.07, 6.45) is 12.9. The minimum atomic E-state index is 0.0891. The third-order valence-electron chi connectivity index (χ3n) is 8.76. The van der Waals surface area contributed by atoms with Crippen molar-refractivity contribution in [3.05, 3.63) is 39.2 Å². The van der Waals surface area contributed by atoms with Gasteiger partial charge in [0.25, 0.3) is 0 Å². The SMILES string of the molecule is CCCCC(CC)CC1(CC(CC)CCCC)c2ccsc2-c2sc(-c3c(N)cc(Br)c4nsnc34)cc21. The molecule has 2 unspecified atom stereocenters. The average Bonchev–Trinajstić information content (AvgIpc) is 3.70. The van der Waals surface area contributed by atoms with Crippen LogP contribution in [0.2, 0.25) is 0 Å². The van der Waals surface area contributed by atoms with Gasteiger partial charge in [-0.2, -0.15) is 8.75 Å². The van der Waals surface area contributed by atoms with Gasteiger partial charge >= 0.3 is 0 Å². The van der Waals surface area contributed by atoms with Crippen LogP contribution in [0.25, 0.3) is 31.2 Å². The second-order valence-corrected chi connectivity index (χ2v) is 14.5. The van der Waals surface area contributed by atoms with Crippen molar-refractivity contribution in [1.82, 2.24) is 8.75 Å². The van der Waals surface area contributed by atoms with Crippen LogP contribution in [-0.2, 0) is 5.41 Å². The van der Waals surface area contributed by atoms with Crippen LogP contribution in [0.5, 0.6) is 0 Å². The molecular formula is C31H40BrN3S3. The van der Waals surface area contributed by atoms with Crippen LogP contribution < -0.4 is 5.73 Å². The highest BCUT2D eigenvalue weighted by Gasteiger charge is 2.47. The molecule has 0 amide bonds. The smallest absolute Gasteiger partial charge is 0.119 e. The largest absolute Gasteiger partial charge is 0.398 e. The monoisotopic (exact) mass is 629 g/mol. The van der Waals surface area contributed by atoms with Crippen LogP contribution in [0, 0.1) is 11.8 Å². The Morgan fingerprint density at radius 3 is 2.18 bits per heavy atom. The molecule has 0 saturated carbocycles. The number of halogens is 1. The highest BCUT2D eigenvalue weighted by Crippen LogP contribution is 2.61. The predicted molar refractivity (Wildman–Crippen MR) is 173 cm³/mol. The topological polar surface area (TPSA) is 51.8 Å². The lowest BCUT2D eigenvalue weighted by Gasteiger charge is -2.37. The Morgan fingerprint density at radius 1 is 0.895 bits per heavy atom. The first-order valence-electron chi connectivity index (χ1n) is 14.4. The Kier molecular flexibility index (Phi) is 8.98. The standard InChI is InChI=1S/C31H40BrN3S3/c1-5-9-11-19(7-3)17-31(18-20(8-4)12-10-6-2)21-13-14-36-29(21)30-22(31)15-25(37-30)26-24(33)16-23(32)27-28(26)35-38-34-27/h13-16,19-20H,5-12,17-18,33H2,1-4H3. The fourth-order valence-corrected chi connectivity index (χ4v) is 10.3. The van der Waals surface area contributed by atoms with Gasteiger partial charge in [-0.1, -0.05) is 79.1 Å². The van der Waals surface area contributed by atoms with Crippen molar-refractivity contribution < 1.29 is 0 Å². The maximum absolute atomic E-state index is 6.67. The lowest BCUT2D eigenvalue weighted by atomic mass is 9.65. The lowest BCUT2D eigenvalue weighted by Crippen LogP contribution is -2.31. The van der Waals surface area contributed by atoms with E-state index in [4.69, 9.17) is 10.1 Å².